The highest BCUT2D eigenvalue weighted by atomic mass is 79.9. The van der Waals surface area contributed by atoms with Crippen LogP contribution in [-0.2, 0) is 0 Å². The Morgan fingerprint density at radius 2 is 1.87 bits per heavy atom. The van der Waals surface area contributed by atoms with Gasteiger partial charge >= 0.3 is 0 Å². The Hall–Kier alpha value is -3.44. The molecule has 2 aromatic carbocycles. The monoisotopic (exact) mass is 480 g/mol. The van der Waals surface area contributed by atoms with Crippen molar-refractivity contribution < 1.29 is 13.9 Å². The van der Waals surface area contributed by atoms with E-state index in [0.717, 1.165) is 4.47 Å². The van der Waals surface area contributed by atoms with Crippen molar-refractivity contribution in [2.24, 2.45) is 0 Å². The second kappa shape index (κ2) is 9.14. The van der Waals surface area contributed by atoms with Crippen molar-refractivity contribution in [2.75, 3.05) is 31.1 Å². The van der Waals surface area contributed by atoms with Gasteiger partial charge in [0.25, 0.3) is 5.91 Å². The SMILES string of the molecule is N#Cc1c(F)cccc1N1CCN(C(=O)c2ccc(Oc3cccc(Br)c3)nc2)CC1. The number of carbonyl (C=O) groups is 1. The number of carbonyl (C=O) groups excluding carboxylic acids is 1. The maximum atomic E-state index is 13.9. The van der Waals surface area contributed by atoms with Crippen LogP contribution in [0.5, 0.6) is 11.6 Å². The quantitative estimate of drug-likeness (QED) is 0.545. The van der Waals surface area contributed by atoms with Gasteiger partial charge in [-0.25, -0.2) is 9.37 Å². The van der Waals surface area contributed by atoms with Crippen molar-refractivity contribution in [2.45, 2.75) is 0 Å². The number of benzene rings is 2. The molecule has 4 rings (SSSR count). The summed E-state index contributed by atoms with van der Waals surface area (Å²) in [6.07, 6.45) is 1.50. The van der Waals surface area contributed by atoms with E-state index in [1.54, 1.807) is 29.2 Å². The zero-order chi connectivity index (χ0) is 21.8. The lowest BCUT2D eigenvalue weighted by Gasteiger charge is -2.36. The summed E-state index contributed by atoms with van der Waals surface area (Å²) in [5.74, 6) is 0.386. The first kappa shape index (κ1) is 20.8. The Labute approximate surface area is 187 Å². The minimum atomic E-state index is -0.533. The maximum absolute atomic E-state index is 13.9. The molecule has 1 amide bonds. The number of pyridine rings is 1. The average Bonchev–Trinajstić information content (AvgIpc) is 2.79. The third-order valence-electron chi connectivity index (χ3n) is 5.01. The van der Waals surface area contributed by atoms with Crippen LogP contribution in [0.1, 0.15) is 15.9 Å². The lowest BCUT2D eigenvalue weighted by Crippen LogP contribution is -2.49. The number of hydrogen-bond acceptors (Lipinski definition) is 5. The molecule has 2 heterocycles. The van der Waals surface area contributed by atoms with Gasteiger partial charge in [-0.15, -0.1) is 0 Å². The summed E-state index contributed by atoms with van der Waals surface area (Å²) >= 11 is 3.39. The van der Waals surface area contributed by atoms with E-state index in [0.29, 0.717) is 49.1 Å². The van der Waals surface area contributed by atoms with E-state index < -0.39 is 5.82 Å². The van der Waals surface area contributed by atoms with Crippen LogP contribution in [0.2, 0.25) is 0 Å². The molecule has 31 heavy (non-hydrogen) atoms. The standard InChI is InChI=1S/C23H18BrFN4O2/c24-17-3-1-4-18(13-17)31-22-8-7-16(15-27-22)23(30)29-11-9-28(10-12-29)21-6-2-5-20(25)19(21)14-26/h1-8,13,15H,9-12H2. The van der Waals surface area contributed by atoms with E-state index in [-0.39, 0.29) is 11.5 Å². The fourth-order valence-corrected chi connectivity index (χ4v) is 3.82. The van der Waals surface area contributed by atoms with Crippen LogP contribution in [0.15, 0.2) is 65.3 Å². The molecule has 0 aliphatic carbocycles. The summed E-state index contributed by atoms with van der Waals surface area (Å²) in [5, 5.41) is 9.25. The molecule has 156 valence electrons. The number of amides is 1. The van der Waals surface area contributed by atoms with Gasteiger partial charge < -0.3 is 14.5 Å². The summed E-state index contributed by atoms with van der Waals surface area (Å²) in [5.41, 5.74) is 1.07. The molecule has 0 unspecified atom stereocenters. The number of hydrogen-bond donors (Lipinski definition) is 0. The first-order valence-electron chi connectivity index (χ1n) is 9.67. The number of nitriles is 1. The Bertz CT molecular complexity index is 1140. The Morgan fingerprint density at radius 3 is 2.55 bits per heavy atom. The van der Waals surface area contributed by atoms with Crippen molar-refractivity contribution >= 4 is 27.5 Å². The Kier molecular flexibility index (Phi) is 6.14. The molecule has 0 atom stereocenters. The molecule has 1 aromatic heterocycles. The maximum Gasteiger partial charge on any atom is 0.255 e. The van der Waals surface area contributed by atoms with Gasteiger partial charge in [-0.05, 0) is 36.4 Å². The number of halogens is 2. The van der Waals surface area contributed by atoms with Crippen LogP contribution in [0, 0.1) is 17.1 Å². The molecule has 3 aromatic rings. The van der Waals surface area contributed by atoms with E-state index >= 15 is 0 Å². The number of ether oxygens (including phenoxy) is 1. The highest BCUT2D eigenvalue weighted by molar-refractivity contribution is 9.10. The van der Waals surface area contributed by atoms with E-state index in [2.05, 4.69) is 20.9 Å². The largest absolute Gasteiger partial charge is 0.439 e. The highest BCUT2D eigenvalue weighted by Gasteiger charge is 2.24. The molecule has 0 N–H and O–H groups in total. The summed E-state index contributed by atoms with van der Waals surface area (Å²) < 4.78 is 20.5. The van der Waals surface area contributed by atoms with E-state index in [9.17, 15) is 14.4 Å². The lowest BCUT2D eigenvalue weighted by atomic mass is 10.1. The van der Waals surface area contributed by atoms with Gasteiger partial charge in [-0.3, -0.25) is 4.79 Å². The molecule has 1 fully saturated rings. The number of anilines is 1. The van der Waals surface area contributed by atoms with Crippen molar-refractivity contribution in [1.82, 2.24) is 9.88 Å². The molecule has 1 aliphatic rings. The zero-order valence-electron chi connectivity index (χ0n) is 16.5. The van der Waals surface area contributed by atoms with Gasteiger partial charge in [-0.1, -0.05) is 28.1 Å². The second-order valence-electron chi connectivity index (χ2n) is 6.97. The minimum Gasteiger partial charge on any atom is -0.439 e. The number of aromatic nitrogens is 1. The molecule has 0 spiro atoms. The predicted octanol–water partition coefficient (Wildman–Crippen LogP) is 4.61. The molecule has 0 radical (unpaired) electrons. The Balaban J connectivity index is 1.39. The lowest BCUT2D eigenvalue weighted by molar-refractivity contribution is 0.0746. The van der Waals surface area contributed by atoms with Crippen LogP contribution < -0.4 is 9.64 Å². The minimum absolute atomic E-state index is 0.0347. The number of rotatable bonds is 4. The summed E-state index contributed by atoms with van der Waals surface area (Å²) in [6, 6.07) is 17.3. The molecular weight excluding hydrogens is 463 g/mol. The Morgan fingerprint density at radius 1 is 1.10 bits per heavy atom. The summed E-state index contributed by atoms with van der Waals surface area (Å²) in [7, 11) is 0. The van der Waals surface area contributed by atoms with E-state index in [1.165, 1.54) is 12.3 Å². The molecule has 1 saturated heterocycles. The topological polar surface area (TPSA) is 69.5 Å². The van der Waals surface area contributed by atoms with E-state index in [1.807, 2.05) is 35.2 Å². The summed E-state index contributed by atoms with van der Waals surface area (Å²) in [6.45, 7) is 1.97. The molecule has 6 nitrogen and oxygen atoms in total. The van der Waals surface area contributed by atoms with Crippen LogP contribution in [0.3, 0.4) is 0 Å². The first-order valence-corrected chi connectivity index (χ1v) is 10.5. The molecule has 1 aliphatic heterocycles. The number of nitrogens with zero attached hydrogens (tertiary/aromatic N) is 4. The normalized spacial score (nSPS) is 13.6. The van der Waals surface area contributed by atoms with Gasteiger partial charge in [-0.2, -0.15) is 5.26 Å². The van der Waals surface area contributed by atoms with Gasteiger partial charge in [0.05, 0.1) is 11.3 Å². The van der Waals surface area contributed by atoms with Crippen LogP contribution in [0.4, 0.5) is 10.1 Å². The van der Waals surface area contributed by atoms with Gasteiger partial charge in [0.2, 0.25) is 5.88 Å². The van der Waals surface area contributed by atoms with Gasteiger partial charge in [0.1, 0.15) is 23.2 Å². The van der Waals surface area contributed by atoms with Gasteiger partial charge in [0.15, 0.2) is 0 Å². The fraction of sp³-hybridized carbons (Fsp3) is 0.174. The van der Waals surface area contributed by atoms with E-state index in [4.69, 9.17) is 4.74 Å². The fourth-order valence-electron chi connectivity index (χ4n) is 3.44. The predicted molar refractivity (Wildman–Crippen MR) is 118 cm³/mol. The molecular formula is C23H18BrFN4O2. The van der Waals surface area contributed by atoms with Crippen molar-refractivity contribution in [3.63, 3.8) is 0 Å². The zero-order valence-corrected chi connectivity index (χ0v) is 18.0. The van der Waals surface area contributed by atoms with Crippen LogP contribution in [0.25, 0.3) is 0 Å². The molecule has 0 bridgehead atoms. The van der Waals surface area contributed by atoms with Crippen LogP contribution >= 0.6 is 15.9 Å². The smallest absolute Gasteiger partial charge is 0.255 e. The van der Waals surface area contributed by atoms with Crippen molar-refractivity contribution in [3.05, 3.63) is 82.2 Å². The molecule has 8 heteroatoms. The van der Waals surface area contributed by atoms with Crippen molar-refractivity contribution in [3.8, 4) is 17.7 Å². The van der Waals surface area contributed by atoms with Crippen molar-refractivity contribution in [1.29, 1.82) is 5.26 Å². The third-order valence-corrected chi connectivity index (χ3v) is 5.51. The summed E-state index contributed by atoms with van der Waals surface area (Å²) in [4.78, 5) is 20.7. The van der Waals surface area contributed by atoms with Gasteiger partial charge in [0, 0.05) is 42.9 Å². The highest BCUT2D eigenvalue weighted by Crippen LogP contribution is 2.25. The number of piperazine rings is 1. The molecule has 0 saturated carbocycles. The second-order valence-corrected chi connectivity index (χ2v) is 7.89. The average molecular weight is 481 g/mol. The van der Waals surface area contributed by atoms with Crippen LogP contribution in [-0.4, -0.2) is 42.0 Å². The third kappa shape index (κ3) is 4.67. The first-order chi connectivity index (χ1) is 15.0.